The van der Waals surface area contributed by atoms with Gasteiger partial charge in [-0.25, -0.2) is 4.57 Å². The van der Waals surface area contributed by atoms with Crippen molar-refractivity contribution in [1.29, 1.82) is 0 Å². The maximum atomic E-state index is 12.5. The molecule has 0 saturated carbocycles. The molecule has 0 radical (unpaired) electrons. The number of unbranched alkanes of at least 4 members (excludes halogenated alkanes) is 15. The lowest BCUT2D eigenvalue weighted by atomic mass is 10.0. The SMILES string of the molecule is CCCCCCCCCCCCCCCCCCc1ccc(P(=O)(O)Oc2ccccc2)cc1. The molecule has 0 saturated heterocycles. The summed E-state index contributed by atoms with van der Waals surface area (Å²) in [7, 11) is -3.85. The molecule has 0 aliphatic heterocycles. The number of rotatable bonds is 20. The molecule has 2 aromatic rings. The molecule has 0 bridgehead atoms. The van der Waals surface area contributed by atoms with Crippen molar-refractivity contribution < 1.29 is 14.0 Å². The Kier molecular flexibility index (Phi) is 15.0. The van der Waals surface area contributed by atoms with Gasteiger partial charge in [0.15, 0.2) is 0 Å². The van der Waals surface area contributed by atoms with E-state index in [0.717, 1.165) is 6.42 Å². The van der Waals surface area contributed by atoms with E-state index < -0.39 is 7.60 Å². The van der Waals surface area contributed by atoms with Crippen LogP contribution in [0.3, 0.4) is 0 Å². The van der Waals surface area contributed by atoms with Crippen molar-refractivity contribution in [2.75, 3.05) is 0 Å². The van der Waals surface area contributed by atoms with Crippen LogP contribution in [0.1, 0.15) is 115 Å². The summed E-state index contributed by atoms with van der Waals surface area (Å²) < 4.78 is 17.9. The van der Waals surface area contributed by atoms with Gasteiger partial charge in [-0.1, -0.05) is 134 Å². The van der Waals surface area contributed by atoms with Crippen molar-refractivity contribution in [2.45, 2.75) is 116 Å². The predicted octanol–water partition coefficient (Wildman–Crippen LogP) is 9.38. The van der Waals surface area contributed by atoms with E-state index in [1.807, 2.05) is 18.2 Å². The molecule has 0 heterocycles. The van der Waals surface area contributed by atoms with Crippen LogP contribution in [-0.4, -0.2) is 4.89 Å². The first-order valence-corrected chi connectivity index (χ1v) is 15.4. The molecule has 190 valence electrons. The van der Waals surface area contributed by atoms with Gasteiger partial charge in [0.1, 0.15) is 5.75 Å². The third-order valence-electron chi connectivity index (χ3n) is 6.55. The maximum absolute atomic E-state index is 12.5. The molecule has 0 aliphatic rings. The van der Waals surface area contributed by atoms with E-state index in [2.05, 4.69) is 6.92 Å². The average molecular weight is 487 g/mol. The largest absolute Gasteiger partial charge is 0.421 e. The highest BCUT2D eigenvalue weighted by molar-refractivity contribution is 7.61. The fourth-order valence-electron chi connectivity index (χ4n) is 4.41. The zero-order valence-corrected chi connectivity index (χ0v) is 22.3. The third kappa shape index (κ3) is 12.8. The van der Waals surface area contributed by atoms with Gasteiger partial charge in [0, 0.05) is 0 Å². The Balaban J connectivity index is 1.45. The first-order valence-electron chi connectivity index (χ1n) is 13.8. The Bertz CT molecular complexity index is 788. The van der Waals surface area contributed by atoms with Crippen LogP contribution in [0.4, 0.5) is 0 Å². The van der Waals surface area contributed by atoms with Crippen LogP contribution in [0.5, 0.6) is 5.75 Å². The second-order valence-electron chi connectivity index (χ2n) is 9.64. The summed E-state index contributed by atoms with van der Waals surface area (Å²) in [6.07, 6.45) is 23.1. The van der Waals surface area contributed by atoms with Gasteiger partial charge in [-0.2, -0.15) is 0 Å². The molecule has 2 rings (SSSR count). The molecule has 1 atom stereocenters. The van der Waals surface area contributed by atoms with E-state index in [1.54, 1.807) is 36.4 Å². The molecule has 0 spiro atoms. The Labute approximate surface area is 208 Å². The first kappa shape index (κ1) is 28.7. The van der Waals surface area contributed by atoms with Crippen LogP contribution in [0.25, 0.3) is 0 Å². The van der Waals surface area contributed by atoms with Gasteiger partial charge < -0.3 is 9.42 Å². The van der Waals surface area contributed by atoms with Gasteiger partial charge >= 0.3 is 7.60 Å². The van der Waals surface area contributed by atoms with E-state index in [1.165, 1.54) is 108 Å². The zero-order chi connectivity index (χ0) is 24.3. The van der Waals surface area contributed by atoms with Gasteiger partial charge in [0.05, 0.1) is 5.30 Å². The second kappa shape index (κ2) is 17.8. The van der Waals surface area contributed by atoms with E-state index in [9.17, 15) is 9.46 Å². The van der Waals surface area contributed by atoms with Crippen LogP contribution in [0.2, 0.25) is 0 Å². The number of benzene rings is 2. The summed E-state index contributed by atoms with van der Waals surface area (Å²) >= 11 is 0. The predicted molar refractivity (Wildman–Crippen MR) is 146 cm³/mol. The highest BCUT2D eigenvalue weighted by Crippen LogP contribution is 2.41. The van der Waals surface area contributed by atoms with Crippen LogP contribution < -0.4 is 9.83 Å². The number of hydrogen-bond acceptors (Lipinski definition) is 2. The van der Waals surface area contributed by atoms with E-state index in [4.69, 9.17) is 4.52 Å². The zero-order valence-electron chi connectivity index (χ0n) is 21.4. The molecular weight excluding hydrogens is 439 g/mol. The molecule has 0 amide bonds. The molecule has 0 aromatic heterocycles. The van der Waals surface area contributed by atoms with Crippen LogP contribution in [0, 0.1) is 0 Å². The monoisotopic (exact) mass is 486 g/mol. The van der Waals surface area contributed by atoms with Gasteiger partial charge in [-0.05, 0) is 42.7 Å². The summed E-state index contributed by atoms with van der Waals surface area (Å²) in [5, 5.41) is 0.340. The molecule has 3 nitrogen and oxygen atoms in total. The highest BCUT2D eigenvalue weighted by Gasteiger charge is 2.24. The lowest BCUT2D eigenvalue weighted by molar-refractivity contribution is 0.393. The van der Waals surface area contributed by atoms with E-state index in [-0.39, 0.29) is 0 Å². The molecule has 2 aromatic carbocycles. The Morgan fingerprint density at radius 3 is 1.53 bits per heavy atom. The van der Waals surface area contributed by atoms with Crippen LogP contribution in [-0.2, 0) is 11.0 Å². The second-order valence-corrected chi connectivity index (χ2v) is 11.4. The van der Waals surface area contributed by atoms with Gasteiger partial charge in [0.2, 0.25) is 0 Å². The molecular formula is C30H47O3P. The lowest BCUT2D eigenvalue weighted by Crippen LogP contribution is -2.09. The number of para-hydroxylation sites is 1. The minimum atomic E-state index is -3.85. The third-order valence-corrected chi connectivity index (χ3v) is 7.96. The van der Waals surface area contributed by atoms with Crippen molar-refractivity contribution in [2.24, 2.45) is 0 Å². The Morgan fingerprint density at radius 2 is 1.06 bits per heavy atom. The summed E-state index contributed by atoms with van der Waals surface area (Å²) in [6.45, 7) is 2.28. The van der Waals surface area contributed by atoms with Crippen molar-refractivity contribution in [1.82, 2.24) is 0 Å². The van der Waals surface area contributed by atoms with Crippen molar-refractivity contribution in [3.05, 3.63) is 60.2 Å². The standard InChI is InChI=1S/C30H47O3P/c1-2-3-4-5-6-7-8-9-10-11-12-13-14-15-16-18-21-28-24-26-30(27-25-28)34(31,32)33-29-22-19-17-20-23-29/h17,19-20,22-27H,2-16,18,21H2,1H3,(H,31,32). The average Bonchev–Trinajstić information content (AvgIpc) is 2.84. The van der Waals surface area contributed by atoms with E-state index in [0.29, 0.717) is 11.1 Å². The van der Waals surface area contributed by atoms with Crippen LogP contribution >= 0.6 is 7.60 Å². The summed E-state index contributed by atoms with van der Waals surface area (Å²) in [4.78, 5) is 10.3. The minimum absolute atomic E-state index is 0.340. The van der Waals surface area contributed by atoms with Crippen molar-refractivity contribution in [3.8, 4) is 5.75 Å². The fraction of sp³-hybridized carbons (Fsp3) is 0.600. The molecule has 0 fully saturated rings. The number of aryl methyl sites for hydroxylation is 1. The molecule has 34 heavy (non-hydrogen) atoms. The van der Waals surface area contributed by atoms with Crippen molar-refractivity contribution >= 4 is 12.9 Å². The normalized spacial score (nSPS) is 13.0. The highest BCUT2D eigenvalue weighted by atomic mass is 31.2. The maximum Gasteiger partial charge on any atom is 0.408 e. The molecule has 1 unspecified atom stereocenters. The Hall–Kier alpha value is -1.57. The Morgan fingerprint density at radius 1 is 0.618 bits per heavy atom. The van der Waals surface area contributed by atoms with Crippen LogP contribution in [0.15, 0.2) is 54.6 Å². The molecule has 4 heteroatoms. The summed E-state index contributed by atoms with van der Waals surface area (Å²) in [6, 6.07) is 16.2. The minimum Gasteiger partial charge on any atom is -0.421 e. The summed E-state index contributed by atoms with van der Waals surface area (Å²) in [5.74, 6) is 0.408. The lowest BCUT2D eigenvalue weighted by Gasteiger charge is -2.14. The van der Waals surface area contributed by atoms with Crippen molar-refractivity contribution in [3.63, 3.8) is 0 Å². The smallest absolute Gasteiger partial charge is 0.408 e. The molecule has 1 N–H and O–H groups in total. The topological polar surface area (TPSA) is 46.5 Å². The first-order chi connectivity index (χ1) is 16.6. The van der Waals surface area contributed by atoms with E-state index >= 15 is 0 Å². The van der Waals surface area contributed by atoms with Gasteiger partial charge in [-0.15, -0.1) is 0 Å². The summed E-state index contributed by atoms with van der Waals surface area (Å²) in [5.41, 5.74) is 1.22. The quantitative estimate of drug-likeness (QED) is 0.150. The van der Waals surface area contributed by atoms with Gasteiger partial charge in [0.25, 0.3) is 0 Å². The number of hydrogen-bond donors (Lipinski definition) is 1. The fourth-order valence-corrected chi connectivity index (χ4v) is 5.44. The molecule has 0 aliphatic carbocycles. The van der Waals surface area contributed by atoms with Gasteiger partial charge in [-0.3, -0.25) is 0 Å².